The van der Waals surface area contributed by atoms with E-state index in [1.165, 1.54) is 4.90 Å². The molecule has 1 spiro atoms. The largest absolute Gasteiger partial charge is 0.444 e. The van der Waals surface area contributed by atoms with E-state index in [4.69, 9.17) is 14.0 Å². The Morgan fingerprint density at radius 2 is 1.89 bits per heavy atom. The van der Waals surface area contributed by atoms with Crippen LogP contribution in [0.4, 0.5) is 25.5 Å². The molecule has 0 bridgehead atoms. The molecule has 5 heterocycles. The van der Waals surface area contributed by atoms with Crippen molar-refractivity contribution in [1.82, 2.24) is 15.8 Å². The minimum absolute atomic E-state index is 0.0975. The molecule has 4 atom stereocenters. The van der Waals surface area contributed by atoms with Gasteiger partial charge in [-0.3, -0.25) is 25.1 Å². The molecule has 190 valence electrons. The van der Waals surface area contributed by atoms with Gasteiger partial charge in [-0.05, 0) is 31.9 Å². The summed E-state index contributed by atoms with van der Waals surface area (Å²) in [6, 6.07) is -0.208. The lowest BCUT2D eigenvalue weighted by Crippen LogP contribution is -2.75. The minimum Gasteiger partial charge on any atom is -0.444 e. The van der Waals surface area contributed by atoms with Crippen LogP contribution in [0.15, 0.2) is 10.6 Å². The van der Waals surface area contributed by atoms with E-state index in [1.807, 2.05) is 13.8 Å². The van der Waals surface area contributed by atoms with E-state index in [2.05, 4.69) is 15.8 Å². The summed E-state index contributed by atoms with van der Waals surface area (Å²) in [5.74, 6) is -2.17. The highest BCUT2D eigenvalue weighted by Crippen LogP contribution is 2.49. The SMILES string of the molecule is CC[C@H]1CN(c2noc3c(F)c4c(cc23)CC2(C(=O)NC(=O)NC2=O)[C@H]2C(C)O[C@H](C)CN42)C(=O)O1. The van der Waals surface area contributed by atoms with Crippen molar-refractivity contribution in [2.45, 2.75) is 58.0 Å². The first-order chi connectivity index (χ1) is 17.1. The highest BCUT2D eigenvalue weighted by Gasteiger charge is 2.63. The summed E-state index contributed by atoms with van der Waals surface area (Å²) in [6.45, 7) is 5.82. The Hall–Kier alpha value is -3.74. The smallest absolute Gasteiger partial charge is 0.416 e. The molecule has 0 aliphatic carbocycles. The molecule has 4 aliphatic rings. The summed E-state index contributed by atoms with van der Waals surface area (Å²) in [5, 5.41) is 8.59. The minimum atomic E-state index is -1.75. The number of imide groups is 2. The van der Waals surface area contributed by atoms with Gasteiger partial charge in [0.15, 0.2) is 17.1 Å². The zero-order chi connectivity index (χ0) is 25.5. The molecule has 3 saturated heterocycles. The van der Waals surface area contributed by atoms with Gasteiger partial charge in [0.2, 0.25) is 17.4 Å². The standard InChI is InChI=1S/C23H24FN5O7/c1-4-12-8-29(22(33)35-12)18-13-5-11-6-23(19(30)25-21(32)26-20(23)31)17-10(3)34-9(2)7-28(17)15(11)14(24)16(13)36-27-18/h5,9-10,12,17H,4,6-8H2,1-3H3,(H2,25,26,30,31,32)/t9-,10?,12+,17-/m1/s1. The third-order valence-electron chi connectivity index (χ3n) is 7.53. The summed E-state index contributed by atoms with van der Waals surface area (Å²) >= 11 is 0. The van der Waals surface area contributed by atoms with Crippen LogP contribution in [-0.4, -0.2) is 66.5 Å². The molecule has 1 aromatic heterocycles. The first kappa shape index (κ1) is 22.7. The van der Waals surface area contributed by atoms with Crippen LogP contribution < -0.4 is 20.4 Å². The molecule has 12 nitrogen and oxygen atoms in total. The average molecular weight is 501 g/mol. The summed E-state index contributed by atoms with van der Waals surface area (Å²) < 4.78 is 32.8. The topological polar surface area (TPSA) is 143 Å². The number of barbiturate groups is 1. The number of nitrogens with zero attached hydrogens (tertiary/aromatic N) is 3. The van der Waals surface area contributed by atoms with Gasteiger partial charge in [0.25, 0.3) is 0 Å². The zero-order valence-electron chi connectivity index (χ0n) is 19.8. The number of carbonyl (C=O) groups excluding carboxylic acids is 4. The highest BCUT2D eigenvalue weighted by molar-refractivity contribution is 6.20. The molecule has 13 heteroatoms. The van der Waals surface area contributed by atoms with Gasteiger partial charge in [0.1, 0.15) is 6.10 Å². The number of aromatic nitrogens is 1. The number of halogens is 1. The van der Waals surface area contributed by atoms with Crippen LogP contribution in [0.2, 0.25) is 0 Å². The molecule has 1 aromatic carbocycles. The number of fused-ring (bicyclic) bond motifs is 5. The van der Waals surface area contributed by atoms with Gasteiger partial charge < -0.3 is 18.9 Å². The Labute approximate surface area is 204 Å². The van der Waals surface area contributed by atoms with E-state index in [-0.39, 0.29) is 54.2 Å². The molecular weight excluding hydrogens is 477 g/mol. The van der Waals surface area contributed by atoms with Crippen LogP contribution >= 0.6 is 0 Å². The van der Waals surface area contributed by atoms with E-state index < -0.39 is 47.3 Å². The third-order valence-corrected chi connectivity index (χ3v) is 7.53. The number of benzene rings is 1. The molecule has 6 rings (SSSR count). The van der Waals surface area contributed by atoms with E-state index in [0.29, 0.717) is 12.0 Å². The fourth-order valence-electron chi connectivity index (χ4n) is 6.04. The van der Waals surface area contributed by atoms with E-state index in [0.717, 1.165) is 0 Å². The summed E-state index contributed by atoms with van der Waals surface area (Å²) in [4.78, 5) is 53.9. The van der Waals surface area contributed by atoms with Crippen LogP contribution in [0.5, 0.6) is 0 Å². The zero-order valence-corrected chi connectivity index (χ0v) is 19.8. The number of ether oxygens (including phenoxy) is 2. The van der Waals surface area contributed by atoms with Crippen molar-refractivity contribution in [1.29, 1.82) is 0 Å². The number of urea groups is 1. The molecule has 2 aromatic rings. The second kappa shape index (κ2) is 7.63. The van der Waals surface area contributed by atoms with Crippen molar-refractivity contribution in [2.75, 3.05) is 22.9 Å². The molecule has 0 radical (unpaired) electrons. The van der Waals surface area contributed by atoms with Crippen LogP contribution in [-0.2, 0) is 25.5 Å². The van der Waals surface area contributed by atoms with Crippen molar-refractivity contribution >= 4 is 46.4 Å². The maximum Gasteiger partial charge on any atom is 0.416 e. The quantitative estimate of drug-likeness (QED) is 0.587. The highest BCUT2D eigenvalue weighted by atomic mass is 19.1. The molecule has 5 amide bonds. The van der Waals surface area contributed by atoms with Gasteiger partial charge in [0, 0.05) is 13.0 Å². The number of nitrogens with one attached hydrogen (secondary N) is 2. The number of amides is 5. The Morgan fingerprint density at radius 3 is 2.56 bits per heavy atom. The van der Waals surface area contributed by atoms with Crippen molar-refractivity contribution in [3.8, 4) is 0 Å². The van der Waals surface area contributed by atoms with Gasteiger partial charge >= 0.3 is 12.1 Å². The molecular formula is C23H24FN5O7. The first-order valence-electron chi connectivity index (χ1n) is 11.8. The Balaban J connectivity index is 1.55. The number of anilines is 2. The van der Waals surface area contributed by atoms with E-state index in [1.54, 1.807) is 17.9 Å². The van der Waals surface area contributed by atoms with Crippen LogP contribution in [0.25, 0.3) is 11.0 Å². The van der Waals surface area contributed by atoms with Gasteiger partial charge in [-0.15, -0.1) is 0 Å². The maximum absolute atomic E-state index is 16.1. The molecule has 1 unspecified atom stereocenters. The first-order valence-corrected chi connectivity index (χ1v) is 11.8. The van der Waals surface area contributed by atoms with E-state index in [9.17, 15) is 19.2 Å². The Kier molecular flexibility index (Phi) is 4.81. The van der Waals surface area contributed by atoms with Crippen molar-refractivity contribution in [3.63, 3.8) is 0 Å². The number of hydrogen-bond donors (Lipinski definition) is 2. The predicted molar refractivity (Wildman–Crippen MR) is 121 cm³/mol. The predicted octanol–water partition coefficient (Wildman–Crippen LogP) is 1.59. The van der Waals surface area contributed by atoms with Crippen LogP contribution in [0.3, 0.4) is 0 Å². The number of morpholine rings is 1. The second-order valence-corrected chi connectivity index (χ2v) is 9.74. The number of carbonyl (C=O) groups is 4. The van der Waals surface area contributed by atoms with Gasteiger partial charge in [-0.2, -0.15) is 0 Å². The second-order valence-electron chi connectivity index (χ2n) is 9.74. The molecule has 0 saturated carbocycles. The average Bonchev–Trinajstić information content (AvgIpc) is 3.39. The van der Waals surface area contributed by atoms with Gasteiger partial charge in [0.05, 0.1) is 35.9 Å². The van der Waals surface area contributed by atoms with Gasteiger partial charge in [-0.25, -0.2) is 14.0 Å². The lowest BCUT2D eigenvalue weighted by Gasteiger charge is -2.55. The maximum atomic E-state index is 16.1. The van der Waals surface area contributed by atoms with Crippen LogP contribution in [0, 0.1) is 11.2 Å². The van der Waals surface area contributed by atoms with E-state index >= 15 is 4.39 Å². The normalized spacial score (nSPS) is 29.2. The summed E-state index contributed by atoms with van der Waals surface area (Å²) in [5.41, 5.74) is -1.37. The van der Waals surface area contributed by atoms with Crippen molar-refractivity contribution < 1.29 is 37.6 Å². The van der Waals surface area contributed by atoms with Crippen molar-refractivity contribution in [3.05, 3.63) is 17.4 Å². The summed E-state index contributed by atoms with van der Waals surface area (Å²) in [7, 11) is 0. The Morgan fingerprint density at radius 1 is 1.17 bits per heavy atom. The van der Waals surface area contributed by atoms with Crippen LogP contribution in [0.1, 0.15) is 32.8 Å². The lowest BCUT2D eigenvalue weighted by molar-refractivity contribution is -0.153. The molecule has 2 N–H and O–H groups in total. The fourth-order valence-corrected chi connectivity index (χ4v) is 6.04. The molecule has 4 aliphatic heterocycles. The lowest BCUT2D eigenvalue weighted by atomic mass is 9.66. The monoisotopic (exact) mass is 501 g/mol. The molecule has 3 fully saturated rings. The molecule has 36 heavy (non-hydrogen) atoms. The third kappa shape index (κ3) is 2.92. The number of hydrogen-bond acceptors (Lipinski definition) is 9. The number of cyclic esters (lactones) is 1. The van der Waals surface area contributed by atoms with Gasteiger partial charge in [-0.1, -0.05) is 12.1 Å². The summed E-state index contributed by atoms with van der Waals surface area (Å²) in [6.07, 6.45) is -1.53. The Bertz CT molecular complexity index is 1320. The number of rotatable bonds is 2. The van der Waals surface area contributed by atoms with Crippen molar-refractivity contribution in [2.24, 2.45) is 5.41 Å². The fraction of sp³-hybridized carbons (Fsp3) is 0.522.